The first kappa shape index (κ1) is 36.5. The maximum atomic E-state index is 6.43. The first-order valence-electron chi connectivity index (χ1n) is 17.0. The Bertz CT molecular complexity index is 1550. The number of para-hydroxylation sites is 2. The molecule has 0 fully saturated rings. The number of methoxy groups -OCH3 is 1. The summed E-state index contributed by atoms with van der Waals surface area (Å²) in [4.78, 5) is 4.59. The summed E-state index contributed by atoms with van der Waals surface area (Å²) in [6.45, 7) is 21.3. The fourth-order valence-electron chi connectivity index (χ4n) is 7.63. The molecule has 0 aromatic heterocycles. The van der Waals surface area contributed by atoms with Crippen molar-refractivity contribution in [2.75, 3.05) is 45.1 Å². The van der Waals surface area contributed by atoms with Crippen LogP contribution in [0.1, 0.15) is 83.2 Å². The van der Waals surface area contributed by atoms with Gasteiger partial charge in [0.15, 0.2) is 0 Å². The van der Waals surface area contributed by atoms with E-state index < -0.39 is 27.4 Å². The normalized spacial score (nSPS) is 16.8. The molecule has 0 saturated heterocycles. The zero-order valence-corrected chi connectivity index (χ0v) is 34.1. The number of aryl methyl sites for hydroxylation is 1. The van der Waals surface area contributed by atoms with Crippen LogP contribution in [0.15, 0.2) is 84.5 Å². The molecule has 46 heavy (non-hydrogen) atoms. The van der Waals surface area contributed by atoms with Gasteiger partial charge < -0.3 is 0 Å². The third-order valence-electron chi connectivity index (χ3n) is 10.4. The van der Waals surface area contributed by atoms with Crippen LogP contribution in [-0.2, 0) is 44.7 Å². The number of hydrogen-bond donors (Lipinski definition) is 0. The van der Waals surface area contributed by atoms with Gasteiger partial charge in [-0.15, -0.1) is 0 Å². The third kappa shape index (κ3) is 7.22. The van der Waals surface area contributed by atoms with Gasteiger partial charge in [0.05, 0.1) is 0 Å². The van der Waals surface area contributed by atoms with Gasteiger partial charge in [-0.2, -0.15) is 0 Å². The summed E-state index contributed by atoms with van der Waals surface area (Å²) < 4.78 is 8.64. The second-order valence-electron chi connectivity index (χ2n) is 16.5. The van der Waals surface area contributed by atoms with Crippen LogP contribution in [0.5, 0.6) is 5.75 Å². The number of rotatable bonds is 10. The van der Waals surface area contributed by atoms with Crippen molar-refractivity contribution < 1.29 is 32.2 Å². The third-order valence-corrected chi connectivity index (χ3v) is 20.9. The van der Waals surface area contributed by atoms with E-state index in [1.54, 1.807) is 0 Å². The van der Waals surface area contributed by atoms with Gasteiger partial charge >= 0.3 is 294 Å². The first-order valence-corrected chi connectivity index (χ1v) is 22.4. The zero-order valence-electron chi connectivity index (χ0n) is 31.3. The molecule has 0 radical (unpaired) electrons. The van der Waals surface area contributed by atoms with Crippen LogP contribution >= 0.6 is 0 Å². The summed E-state index contributed by atoms with van der Waals surface area (Å²) in [5.41, 5.74) is 10.8. The summed E-state index contributed by atoms with van der Waals surface area (Å²) in [6.07, 6.45) is 7.88. The Morgan fingerprint density at radius 1 is 0.696 bits per heavy atom. The Labute approximate surface area is 292 Å². The van der Waals surface area contributed by atoms with Crippen molar-refractivity contribution in [3.8, 4) is 5.75 Å². The van der Waals surface area contributed by atoms with Gasteiger partial charge in [0, 0.05) is 0 Å². The molecule has 4 rings (SSSR count). The Balaban J connectivity index is 2.08. The molecule has 1 aliphatic carbocycles. The molecule has 1 atom stereocenters. The van der Waals surface area contributed by atoms with E-state index in [1.807, 2.05) is 7.11 Å². The average molecular weight is 697 g/mol. The molecule has 3 aromatic rings. The molecule has 3 nitrogen and oxygen atoms in total. The average Bonchev–Trinajstić information content (AvgIpc) is 3.45. The van der Waals surface area contributed by atoms with Crippen LogP contribution in [0.2, 0.25) is 2.23 Å². The number of ether oxygens (including phenoxy) is 1. The Kier molecular flexibility index (Phi) is 10.8. The molecule has 0 heterocycles. The zero-order chi connectivity index (χ0) is 34.2. The van der Waals surface area contributed by atoms with Crippen LogP contribution in [0.4, 0.5) is 11.4 Å². The molecule has 0 amide bonds. The molecule has 1 unspecified atom stereocenters. The second kappa shape index (κ2) is 13.6. The number of benzene rings is 3. The van der Waals surface area contributed by atoms with Crippen molar-refractivity contribution in [3.63, 3.8) is 0 Å². The number of nitrogens with zero attached hydrogens (tertiary/aromatic N) is 2. The fourth-order valence-corrected chi connectivity index (χ4v) is 18.8. The second-order valence-corrected chi connectivity index (χ2v) is 24.3. The van der Waals surface area contributed by atoms with Gasteiger partial charge in [-0.05, 0) is 0 Å². The van der Waals surface area contributed by atoms with Crippen LogP contribution in [0.3, 0.4) is 0 Å². The van der Waals surface area contributed by atoms with E-state index in [4.69, 9.17) is 4.74 Å². The number of anilines is 2. The fraction of sp³-hybridized carbons (Fsp3) is 0.476. The standard InChI is InChI=1S/C24H35O.2C9H12N.Y/c1-16-13-19(23(5,6)7)21(25-10)20(14-16)24(8,9)18-12-11-17(15-18)22(2,3)4;2*1-8-6-4-5-7-9(8)10(2)3;/h11-15H,1-10H3;2*4-7H,1H2,2-3H3;. The Hall–Kier alpha value is -2.36. The Morgan fingerprint density at radius 3 is 1.59 bits per heavy atom. The van der Waals surface area contributed by atoms with E-state index in [-0.39, 0.29) is 18.5 Å². The Morgan fingerprint density at radius 2 is 1.17 bits per heavy atom. The molecule has 1 aliphatic rings. The number of allylic oxidation sites excluding steroid dienone is 4. The van der Waals surface area contributed by atoms with E-state index in [1.165, 1.54) is 44.8 Å². The molecule has 4 heteroatoms. The SMILES string of the molecule is COc1c(C(C)(C)C)cc(C)cc1C(C)(C)[C]1([Y]([CH2]c2ccccc2N(C)C)[CH2]c2ccccc2N(C)C)C=CC(C(C)(C)C)=C1. The molecule has 0 bridgehead atoms. The predicted octanol–water partition coefficient (Wildman–Crippen LogP) is 10.4. The molecule has 0 N–H and O–H groups in total. The monoisotopic (exact) mass is 696 g/mol. The minimum absolute atomic E-state index is 0.0364. The van der Waals surface area contributed by atoms with Crippen LogP contribution in [0, 0.1) is 12.3 Å². The summed E-state index contributed by atoms with van der Waals surface area (Å²) in [5, 5.41) is 0. The predicted molar refractivity (Wildman–Crippen MR) is 198 cm³/mol. The van der Waals surface area contributed by atoms with E-state index in [2.05, 4.69) is 179 Å². The van der Waals surface area contributed by atoms with Crippen molar-refractivity contribution in [1.29, 1.82) is 0 Å². The van der Waals surface area contributed by atoms with Crippen molar-refractivity contribution >= 4 is 11.4 Å². The van der Waals surface area contributed by atoms with E-state index >= 15 is 0 Å². The van der Waals surface area contributed by atoms with Crippen molar-refractivity contribution in [2.45, 2.75) is 81.8 Å². The summed E-state index contributed by atoms with van der Waals surface area (Å²) >= 11 is -2.85. The molecular weight excluding hydrogens is 637 g/mol. The molecule has 0 saturated carbocycles. The first-order chi connectivity index (χ1) is 21.3. The molecular formula is C42H59N2OY. The van der Waals surface area contributed by atoms with Gasteiger partial charge in [0.25, 0.3) is 0 Å². The minimum atomic E-state index is -2.85. The number of hydrogen-bond acceptors (Lipinski definition) is 3. The van der Waals surface area contributed by atoms with Crippen molar-refractivity contribution in [1.82, 2.24) is 0 Å². The summed E-state index contributed by atoms with van der Waals surface area (Å²) in [5.74, 6) is 1.06. The van der Waals surface area contributed by atoms with Crippen molar-refractivity contribution in [2.24, 2.45) is 5.41 Å². The molecule has 246 valence electrons. The van der Waals surface area contributed by atoms with Gasteiger partial charge in [0.2, 0.25) is 0 Å². The summed E-state index contributed by atoms with van der Waals surface area (Å²) in [6, 6.07) is 23.0. The molecule has 0 spiro atoms. The topological polar surface area (TPSA) is 15.7 Å². The van der Waals surface area contributed by atoms with Gasteiger partial charge in [0.1, 0.15) is 0 Å². The van der Waals surface area contributed by atoms with E-state index in [0.29, 0.717) is 0 Å². The van der Waals surface area contributed by atoms with Gasteiger partial charge in [-0.25, -0.2) is 0 Å². The van der Waals surface area contributed by atoms with Crippen molar-refractivity contribution in [3.05, 3.63) is 112 Å². The van der Waals surface area contributed by atoms with Crippen LogP contribution < -0.4 is 14.5 Å². The summed E-state index contributed by atoms with van der Waals surface area (Å²) in [7, 11) is 10.6. The molecule has 3 aromatic carbocycles. The molecule has 0 aliphatic heterocycles. The quantitative estimate of drug-likeness (QED) is 0.210. The van der Waals surface area contributed by atoms with Gasteiger partial charge in [-0.1, -0.05) is 0 Å². The van der Waals surface area contributed by atoms with Gasteiger partial charge in [-0.3, -0.25) is 0 Å². The van der Waals surface area contributed by atoms with Crippen LogP contribution in [0.25, 0.3) is 0 Å². The van der Waals surface area contributed by atoms with Crippen LogP contribution in [-0.4, -0.2) is 35.3 Å². The maximum absolute atomic E-state index is 6.43. The van der Waals surface area contributed by atoms with E-state index in [0.717, 1.165) is 12.2 Å². The van der Waals surface area contributed by atoms with E-state index in [9.17, 15) is 0 Å².